The standard InChI is InChI=1S/C26H30N2O5/c1-19(2)18-33-23-13-7-6-12-21(23)26(31)28-15-14-27-25(30)22(28)17-24(29)32-16-8-11-20-9-4-3-5-10-20/h3-7,9-10,12-13,22H,1,8,11,14-18H2,2H3,(H,27,30). The molecule has 0 aliphatic carbocycles. The van der Waals surface area contributed by atoms with Gasteiger partial charge in [-0.1, -0.05) is 49.0 Å². The number of benzene rings is 2. The minimum atomic E-state index is -0.929. The lowest BCUT2D eigenvalue weighted by molar-refractivity contribution is -0.147. The van der Waals surface area contributed by atoms with Crippen molar-refractivity contribution in [3.8, 4) is 5.75 Å². The molecule has 33 heavy (non-hydrogen) atoms. The van der Waals surface area contributed by atoms with Crippen LogP contribution in [0.4, 0.5) is 0 Å². The molecule has 2 aromatic rings. The van der Waals surface area contributed by atoms with E-state index in [0.717, 1.165) is 12.0 Å². The third kappa shape index (κ3) is 6.94. The van der Waals surface area contributed by atoms with Crippen molar-refractivity contribution < 1.29 is 23.9 Å². The second kappa shape index (κ2) is 11.9. The summed E-state index contributed by atoms with van der Waals surface area (Å²) in [6.07, 6.45) is 1.28. The summed E-state index contributed by atoms with van der Waals surface area (Å²) >= 11 is 0. The van der Waals surface area contributed by atoms with Gasteiger partial charge in [-0.05, 0) is 43.0 Å². The molecule has 1 saturated heterocycles. The summed E-state index contributed by atoms with van der Waals surface area (Å²) in [6.45, 7) is 6.80. The highest BCUT2D eigenvalue weighted by Crippen LogP contribution is 2.23. The maximum atomic E-state index is 13.3. The van der Waals surface area contributed by atoms with Crippen LogP contribution in [-0.4, -0.2) is 55.0 Å². The molecule has 7 heteroatoms. The minimum absolute atomic E-state index is 0.197. The number of rotatable bonds is 10. The van der Waals surface area contributed by atoms with E-state index in [0.29, 0.717) is 30.8 Å². The third-order valence-corrected chi connectivity index (χ3v) is 5.26. The third-order valence-electron chi connectivity index (χ3n) is 5.26. The molecular weight excluding hydrogens is 420 g/mol. The smallest absolute Gasteiger partial charge is 0.308 e. The van der Waals surface area contributed by atoms with E-state index in [1.807, 2.05) is 37.3 Å². The van der Waals surface area contributed by atoms with Crippen LogP contribution in [0.5, 0.6) is 5.75 Å². The van der Waals surface area contributed by atoms with Gasteiger partial charge in [0.15, 0.2) is 0 Å². The van der Waals surface area contributed by atoms with Crippen molar-refractivity contribution in [1.82, 2.24) is 10.2 Å². The summed E-state index contributed by atoms with van der Waals surface area (Å²) in [4.78, 5) is 39.7. The number of nitrogens with one attached hydrogen (secondary N) is 1. The number of hydrogen-bond acceptors (Lipinski definition) is 5. The zero-order valence-electron chi connectivity index (χ0n) is 18.9. The molecule has 2 aromatic carbocycles. The normalized spacial score (nSPS) is 15.5. The molecule has 0 bridgehead atoms. The molecule has 1 fully saturated rings. The summed E-state index contributed by atoms with van der Waals surface area (Å²) < 4.78 is 11.1. The van der Waals surface area contributed by atoms with Gasteiger partial charge in [0.05, 0.1) is 18.6 Å². The number of esters is 1. The van der Waals surface area contributed by atoms with E-state index >= 15 is 0 Å². The van der Waals surface area contributed by atoms with E-state index in [1.54, 1.807) is 24.3 Å². The summed E-state index contributed by atoms with van der Waals surface area (Å²) in [7, 11) is 0. The molecule has 1 aliphatic rings. The maximum absolute atomic E-state index is 13.3. The molecule has 1 N–H and O–H groups in total. The van der Waals surface area contributed by atoms with Crippen molar-refractivity contribution in [3.63, 3.8) is 0 Å². The molecule has 2 amide bonds. The van der Waals surface area contributed by atoms with Crippen molar-refractivity contribution >= 4 is 17.8 Å². The van der Waals surface area contributed by atoms with Gasteiger partial charge in [-0.3, -0.25) is 14.4 Å². The van der Waals surface area contributed by atoms with Gasteiger partial charge in [0, 0.05) is 13.1 Å². The van der Waals surface area contributed by atoms with Gasteiger partial charge in [-0.25, -0.2) is 0 Å². The predicted molar refractivity (Wildman–Crippen MR) is 125 cm³/mol. The van der Waals surface area contributed by atoms with Crippen LogP contribution in [-0.2, 0) is 20.7 Å². The molecule has 1 heterocycles. The average Bonchev–Trinajstić information content (AvgIpc) is 2.82. The summed E-state index contributed by atoms with van der Waals surface area (Å²) in [5, 5.41) is 2.73. The topological polar surface area (TPSA) is 84.9 Å². The first-order valence-electron chi connectivity index (χ1n) is 11.1. The molecule has 3 rings (SSSR count). The molecule has 0 aromatic heterocycles. The van der Waals surface area contributed by atoms with Crippen LogP contribution in [0.3, 0.4) is 0 Å². The Labute approximate surface area is 194 Å². The maximum Gasteiger partial charge on any atom is 0.308 e. The molecule has 1 aliphatic heterocycles. The number of nitrogens with zero attached hydrogens (tertiary/aromatic N) is 1. The first-order chi connectivity index (χ1) is 16.0. The van der Waals surface area contributed by atoms with Crippen LogP contribution in [0.25, 0.3) is 0 Å². The van der Waals surface area contributed by atoms with Gasteiger partial charge in [0.25, 0.3) is 5.91 Å². The number of carbonyl (C=O) groups excluding carboxylic acids is 3. The highest BCUT2D eigenvalue weighted by molar-refractivity contribution is 6.01. The highest BCUT2D eigenvalue weighted by Gasteiger charge is 2.36. The highest BCUT2D eigenvalue weighted by atomic mass is 16.5. The lowest BCUT2D eigenvalue weighted by Gasteiger charge is -2.34. The Hall–Kier alpha value is -3.61. The van der Waals surface area contributed by atoms with Crippen LogP contribution < -0.4 is 10.1 Å². The van der Waals surface area contributed by atoms with Crippen LogP contribution in [0.15, 0.2) is 66.7 Å². The van der Waals surface area contributed by atoms with Gasteiger partial charge < -0.3 is 19.7 Å². The van der Waals surface area contributed by atoms with Crippen LogP contribution in [0.2, 0.25) is 0 Å². The van der Waals surface area contributed by atoms with Crippen molar-refractivity contribution in [2.24, 2.45) is 0 Å². The molecule has 174 valence electrons. The van der Waals surface area contributed by atoms with Crippen molar-refractivity contribution in [3.05, 3.63) is 77.9 Å². The Morgan fingerprint density at radius 3 is 2.61 bits per heavy atom. The Balaban J connectivity index is 1.61. The molecular formula is C26H30N2O5. The number of aryl methyl sites for hydroxylation is 1. The van der Waals surface area contributed by atoms with Gasteiger partial charge in [-0.2, -0.15) is 0 Å². The lowest BCUT2D eigenvalue weighted by atomic mass is 10.1. The summed E-state index contributed by atoms with van der Waals surface area (Å²) in [6, 6.07) is 15.9. The Morgan fingerprint density at radius 2 is 1.85 bits per heavy atom. The number of para-hydroxylation sites is 1. The quantitative estimate of drug-likeness (QED) is 0.342. The van der Waals surface area contributed by atoms with Crippen molar-refractivity contribution in [2.75, 3.05) is 26.3 Å². The molecule has 0 spiro atoms. The Bertz CT molecular complexity index is 989. The first-order valence-corrected chi connectivity index (χ1v) is 11.1. The molecule has 7 nitrogen and oxygen atoms in total. The summed E-state index contributed by atoms with van der Waals surface area (Å²) in [5.74, 6) is -0.811. The van der Waals surface area contributed by atoms with E-state index in [2.05, 4.69) is 11.9 Å². The average molecular weight is 451 g/mol. The van der Waals surface area contributed by atoms with Crippen molar-refractivity contribution in [2.45, 2.75) is 32.2 Å². The number of hydrogen-bond donors (Lipinski definition) is 1. The van der Waals surface area contributed by atoms with Gasteiger partial charge >= 0.3 is 5.97 Å². The second-order valence-corrected chi connectivity index (χ2v) is 8.06. The van der Waals surface area contributed by atoms with Crippen LogP contribution in [0, 0.1) is 0 Å². The number of ether oxygens (including phenoxy) is 2. The molecule has 0 radical (unpaired) electrons. The predicted octanol–water partition coefficient (Wildman–Crippen LogP) is 3.15. The van der Waals surface area contributed by atoms with Gasteiger partial charge in [-0.15, -0.1) is 0 Å². The fourth-order valence-electron chi connectivity index (χ4n) is 3.61. The fourth-order valence-corrected chi connectivity index (χ4v) is 3.61. The Kier molecular flexibility index (Phi) is 8.63. The summed E-state index contributed by atoms with van der Waals surface area (Å²) in [5.41, 5.74) is 2.33. The van der Waals surface area contributed by atoms with E-state index in [1.165, 1.54) is 10.5 Å². The largest absolute Gasteiger partial charge is 0.488 e. The Morgan fingerprint density at radius 1 is 1.12 bits per heavy atom. The van der Waals surface area contributed by atoms with Crippen LogP contribution in [0.1, 0.15) is 35.7 Å². The van der Waals surface area contributed by atoms with Gasteiger partial charge in [0.2, 0.25) is 5.91 Å². The second-order valence-electron chi connectivity index (χ2n) is 8.06. The monoisotopic (exact) mass is 450 g/mol. The number of piperazine rings is 1. The lowest BCUT2D eigenvalue weighted by Crippen LogP contribution is -2.57. The minimum Gasteiger partial charge on any atom is -0.488 e. The molecule has 1 atom stereocenters. The first kappa shape index (κ1) is 24.0. The van der Waals surface area contributed by atoms with E-state index < -0.39 is 12.0 Å². The van der Waals surface area contributed by atoms with E-state index in [-0.39, 0.29) is 31.4 Å². The van der Waals surface area contributed by atoms with Crippen LogP contribution >= 0.6 is 0 Å². The molecule has 1 unspecified atom stereocenters. The zero-order valence-corrected chi connectivity index (χ0v) is 18.9. The van der Waals surface area contributed by atoms with E-state index in [4.69, 9.17) is 9.47 Å². The molecule has 0 saturated carbocycles. The number of amides is 2. The zero-order chi connectivity index (χ0) is 23.6. The van der Waals surface area contributed by atoms with Crippen molar-refractivity contribution in [1.29, 1.82) is 0 Å². The fraction of sp³-hybridized carbons (Fsp3) is 0.346. The van der Waals surface area contributed by atoms with E-state index in [9.17, 15) is 14.4 Å². The number of carbonyl (C=O) groups is 3. The SMILES string of the molecule is C=C(C)COc1ccccc1C(=O)N1CCNC(=O)C1CC(=O)OCCCc1ccccc1. The van der Waals surface area contributed by atoms with Gasteiger partial charge in [0.1, 0.15) is 18.4 Å².